The van der Waals surface area contributed by atoms with Crippen LogP contribution >= 0.6 is 11.3 Å². The van der Waals surface area contributed by atoms with Gasteiger partial charge in [-0.3, -0.25) is 9.78 Å². The third-order valence-corrected chi connectivity index (χ3v) is 3.32. The lowest BCUT2D eigenvalue weighted by molar-refractivity contribution is 0.0990. The van der Waals surface area contributed by atoms with Crippen molar-refractivity contribution in [3.8, 4) is 0 Å². The standard InChI is InChI=1S/C13H15N3OS/c1-2-7-16(11-6-4-3-5-10(11)14)13(17)12-8-15-9-18-12/h3-6,8-9H,2,7,14H2,1H3. The van der Waals surface area contributed by atoms with Gasteiger partial charge in [0.1, 0.15) is 4.88 Å². The molecule has 5 heteroatoms. The number of aromatic nitrogens is 1. The van der Waals surface area contributed by atoms with Gasteiger partial charge in [-0.2, -0.15) is 0 Å². The summed E-state index contributed by atoms with van der Waals surface area (Å²) in [4.78, 5) is 18.7. The van der Waals surface area contributed by atoms with E-state index in [4.69, 9.17) is 5.73 Å². The molecule has 0 aliphatic rings. The molecule has 1 amide bonds. The van der Waals surface area contributed by atoms with Gasteiger partial charge in [0.2, 0.25) is 0 Å². The zero-order valence-corrected chi connectivity index (χ0v) is 11.0. The number of thiazole rings is 1. The molecule has 1 heterocycles. The number of amides is 1. The summed E-state index contributed by atoms with van der Waals surface area (Å²) in [7, 11) is 0. The maximum Gasteiger partial charge on any atom is 0.270 e. The number of hydrogen-bond donors (Lipinski definition) is 1. The number of nitrogens with two attached hydrogens (primary N) is 1. The van der Waals surface area contributed by atoms with Gasteiger partial charge >= 0.3 is 0 Å². The number of rotatable bonds is 4. The van der Waals surface area contributed by atoms with E-state index in [1.807, 2.05) is 25.1 Å². The van der Waals surface area contributed by atoms with E-state index in [1.54, 1.807) is 22.7 Å². The van der Waals surface area contributed by atoms with Crippen molar-refractivity contribution in [1.82, 2.24) is 4.98 Å². The van der Waals surface area contributed by atoms with Gasteiger partial charge in [-0.15, -0.1) is 11.3 Å². The molecule has 0 aliphatic carbocycles. The van der Waals surface area contributed by atoms with E-state index in [9.17, 15) is 4.79 Å². The summed E-state index contributed by atoms with van der Waals surface area (Å²) in [6.07, 6.45) is 2.47. The normalized spacial score (nSPS) is 10.3. The van der Waals surface area contributed by atoms with E-state index in [-0.39, 0.29) is 5.91 Å². The lowest BCUT2D eigenvalue weighted by atomic mass is 10.2. The molecule has 1 aromatic carbocycles. The summed E-state index contributed by atoms with van der Waals surface area (Å²) in [5.74, 6) is -0.0442. The van der Waals surface area contributed by atoms with Gasteiger partial charge in [0, 0.05) is 6.54 Å². The van der Waals surface area contributed by atoms with Crippen LogP contribution < -0.4 is 10.6 Å². The van der Waals surface area contributed by atoms with Crippen molar-refractivity contribution in [2.45, 2.75) is 13.3 Å². The van der Waals surface area contributed by atoms with Crippen LogP contribution in [-0.2, 0) is 0 Å². The van der Waals surface area contributed by atoms with Crippen molar-refractivity contribution in [1.29, 1.82) is 0 Å². The van der Waals surface area contributed by atoms with Crippen LogP contribution in [-0.4, -0.2) is 17.4 Å². The smallest absolute Gasteiger partial charge is 0.270 e. The molecular weight excluding hydrogens is 246 g/mol. The average Bonchev–Trinajstić information content (AvgIpc) is 2.90. The highest BCUT2D eigenvalue weighted by Crippen LogP contribution is 2.25. The largest absolute Gasteiger partial charge is 0.397 e. The van der Waals surface area contributed by atoms with E-state index in [0.717, 1.165) is 12.1 Å². The van der Waals surface area contributed by atoms with Crippen LogP contribution in [0.1, 0.15) is 23.0 Å². The van der Waals surface area contributed by atoms with Crippen molar-refractivity contribution in [2.24, 2.45) is 0 Å². The van der Waals surface area contributed by atoms with Crippen LogP contribution in [0.3, 0.4) is 0 Å². The molecule has 0 saturated carbocycles. The van der Waals surface area contributed by atoms with Crippen LogP contribution in [0.25, 0.3) is 0 Å². The van der Waals surface area contributed by atoms with Gasteiger partial charge in [0.15, 0.2) is 0 Å². The molecule has 4 nitrogen and oxygen atoms in total. The summed E-state index contributed by atoms with van der Waals surface area (Å²) >= 11 is 1.34. The minimum atomic E-state index is -0.0442. The average molecular weight is 261 g/mol. The molecule has 0 atom stereocenters. The minimum Gasteiger partial charge on any atom is -0.397 e. The number of carbonyl (C=O) groups is 1. The Labute approximate surface area is 110 Å². The van der Waals surface area contributed by atoms with Gasteiger partial charge in [-0.25, -0.2) is 0 Å². The summed E-state index contributed by atoms with van der Waals surface area (Å²) < 4.78 is 0. The van der Waals surface area contributed by atoms with Crippen LogP contribution in [0, 0.1) is 0 Å². The van der Waals surface area contributed by atoms with Crippen LogP contribution in [0.2, 0.25) is 0 Å². The van der Waals surface area contributed by atoms with Gasteiger partial charge in [0.25, 0.3) is 5.91 Å². The minimum absolute atomic E-state index is 0.0442. The third-order valence-electron chi connectivity index (χ3n) is 2.56. The maximum absolute atomic E-state index is 12.4. The first-order valence-electron chi connectivity index (χ1n) is 5.79. The predicted molar refractivity (Wildman–Crippen MR) is 74.9 cm³/mol. The van der Waals surface area contributed by atoms with Crippen LogP contribution in [0.5, 0.6) is 0 Å². The monoisotopic (exact) mass is 261 g/mol. The molecule has 18 heavy (non-hydrogen) atoms. The number of nitrogens with zero attached hydrogens (tertiary/aromatic N) is 2. The first kappa shape index (κ1) is 12.6. The Morgan fingerprint density at radius 3 is 2.83 bits per heavy atom. The molecule has 0 saturated heterocycles. The van der Waals surface area contributed by atoms with E-state index in [2.05, 4.69) is 4.98 Å². The topological polar surface area (TPSA) is 59.2 Å². The molecule has 0 spiro atoms. The molecule has 94 valence electrons. The molecule has 0 aliphatic heterocycles. The van der Waals surface area contributed by atoms with E-state index in [0.29, 0.717) is 17.1 Å². The van der Waals surface area contributed by atoms with Crippen molar-refractivity contribution in [3.63, 3.8) is 0 Å². The first-order valence-corrected chi connectivity index (χ1v) is 6.67. The molecule has 0 bridgehead atoms. The second kappa shape index (κ2) is 5.64. The van der Waals surface area contributed by atoms with Crippen molar-refractivity contribution in [3.05, 3.63) is 40.8 Å². The molecule has 0 unspecified atom stereocenters. The van der Waals surface area contributed by atoms with Crippen molar-refractivity contribution in [2.75, 3.05) is 17.2 Å². The highest BCUT2D eigenvalue weighted by Gasteiger charge is 2.19. The molecule has 1 aromatic heterocycles. The van der Waals surface area contributed by atoms with Crippen LogP contribution in [0.4, 0.5) is 11.4 Å². The number of para-hydroxylation sites is 2. The lowest BCUT2D eigenvalue weighted by Gasteiger charge is -2.22. The Balaban J connectivity index is 2.34. The second-order valence-corrected chi connectivity index (χ2v) is 4.77. The van der Waals surface area contributed by atoms with Gasteiger partial charge in [0.05, 0.1) is 23.1 Å². The zero-order chi connectivity index (χ0) is 13.0. The number of anilines is 2. The summed E-state index contributed by atoms with van der Waals surface area (Å²) in [6.45, 7) is 2.68. The number of nitrogen functional groups attached to an aromatic ring is 1. The van der Waals surface area contributed by atoms with E-state index in [1.165, 1.54) is 11.3 Å². The highest BCUT2D eigenvalue weighted by molar-refractivity contribution is 7.11. The number of benzene rings is 1. The molecule has 0 fully saturated rings. The van der Waals surface area contributed by atoms with Gasteiger partial charge < -0.3 is 10.6 Å². The van der Waals surface area contributed by atoms with Gasteiger partial charge in [-0.05, 0) is 18.6 Å². The summed E-state index contributed by atoms with van der Waals surface area (Å²) in [5.41, 5.74) is 8.97. The predicted octanol–water partition coefficient (Wildman–Crippen LogP) is 2.78. The fourth-order valence-corrected chi connectivity index (χ4v) is 2.31. The van der Waals surface area contributed by atoms with Crippen molar-refractivity contribution >= 4 is 28.6 Å². The van der Waals surface area contributed by atoms with E-state index >= 15 is 0 Å². The van der Waals surface area contributed by atoms with Crippen molar-refractivity contribution < 1.29 is 4.79 Å². The van der Waals surface area contributed by atoms with Crippen LogP contribution in [0.15, 0.2) is 36.0 Å². The fourth-order valence-electron chi connectivity index (χ4n) is 1.74. The number of hydrogen-bond acceptors (Lipinski definition) is 4. The maximum atomic E-state index is 12.4. The Kier molecular flexibility index (Phi) is 3.94. The second-order valence-electron chi connectivity index (χ2n) is 3.88. The fraction of sp³-hybridized carbons (Fsp3) is 0.231. The SMILES string of the molecule is CCCN(C(=O)c1cncs1)c1ccccc1N. The third kappa shape index (κ3) is 2.51. The molecule has 2 rings (SSSR count). The lowest BCUT2D eigenvalue weighted by Crippen LogP contribution is -2.31. The number of carbonyl (C=O) groups excluding carboxylic acids is 1. The summed E-state index contributed by atoms with van der Waals surface area (Å²) in [6, 6.07) is 7.41. The summed E-state index contributed by atoms with van der Waals surface area (Å²) in [5, 5.41) is 0. The molecular formula is C13H15N3OS. The van der Waals surface area contributed by atoms with Gasteiger partial charge in [-0.1, -0.05) is 19.1 Å². The Morgan fingerprint density at radius 2 is 2.22 bits per heavy atom. The molecule has 0 radical (unpaired) electrons. The Bertz CT molecular complexity index is 525. The molecule has 2 aromatic rings. The highest BCUT2D eigenvalue weighted by atomic mass is 32.1. The quantitative estimate of drug-likeness (QED) is 0.861. The Hall–Kier alpha value is -1.88. The van der Waals surface area contributed by atoms with E-state index < -0.39 is 0 Å². The molecule has 2 N–H and O–H groups in total. The zero-order valence-electron chi connectivity index (χ0n) is 10.2. The first-order chi connectivity index (χ1) is 8.74. The Morgan fingerprint density at radius 1 is 1.44 bits per heavy atom.